The van der Waals surface area contributed by atoms with Gasteiger partial charge in [-0.3, -0.25) is 9.78 Å². The fraction of sp³-hybridized carbons (Fsp3) is 0.294. The van der Waals surface area contributed by atoms with Crippen LogP contribution in [0.3, 0.4) is 0 Å². The SMILES string of the molecule is Cc1nc(N2CCN(C(=O)c3ccco3)CC2)c2ccncc2n1. The molecule has 122 valence electrons. The van der Waals surface area contributed by atoms with Gasteiger partial charge in [0.15, 0.2) is 5.76 Å². The molecule has 0 unspecified atom stereocenters. The maximum atomic E-state index is 12.4. The standard InChI is InChI=1S/C17H17N5O2/c1-12-19-14-11-18-5-4-13(14)16(20-12)21-6-8-22(9-7-21)17(23)15-3-2-10-24-15/h2-5,10-11H,6-9H2,1H3. The Bertz CT molecular complexity index is 870. The molecule has 0 bridgehead atoms. The van der Waals surface area contributed by atoms with Gasteiger partial charge in [-0.25, -0.2) is 9.97 Å². The van der Waals surface area contributed by atoms with E-state index in [1.54, 1.807) is 24.5 Å². The molecular weight excluding hydrogens is 306 g/mol. The van der Waals surface area contributed by atoms with Gasteiger partial charge in [-0.2, -0.15) is 0 Å². The zero-order valence-electron chi connectivity index (χ0n) is 13.3. The van der Waals surface area contributed by atoms with Gasteiger partial charge in [-0.05, 0) is 25.1 Å². The van der Waals surface area contributed by atoms with Gasteiger partial charge in [0.25, 0.3) is 5.91 Å². The summed E-state index contributed by atoms with van der Waals surface area (Å²) in [4.78, 5) is 29.5. The Hall–Kier alpha value is -2.96. The Morgan fingerprint density at radius 3 is 2.75 bits per heavy atom. The number of nitrogens with zero attached hydrogens (tertiary/aromatic N) is 5. The van der Waals surface area contributed by atoms with Crippen LogP contribution in [0.15, 0.2) is 41.3 Å². The third-order valence-electron chi connectivity index (χ3n) is 4.19. The highest BCUT2D eigenvalue weighted by Crippen LogP contribution is 2.24. The average molecular weight is 323 g/mol. The average Bonchev–Trinajstić information content (AvgIpc) is 3.15. The van der Waals surface area contributed by atoms with Crippen molar-refractivity contribution in [2.75, 3.05) is 31.1 Å². The molecule has 0 radical (unpaired) electrons. The lowest BCUT2D eigenvalue weighted by atomic mass is 10.2. The van der Waals surface area contributed by atoms with Gasteiger partial charge >= 0.3 is 0 Å². The van der Waals surface area contributed by atoms with Gasteiger partial charge in [-0.15, -0.1) is 0 Å². The van der Waals surface area contributed by atoms with Gasteiger partial charge in [0.05, 0.1) is 18.0 Å². The zero-order valence-corrected chi connectivity index (χ0v) is 13.3. The van der Waals surface area contributed by atoms with E-state index in [9.17, 15) is 4.79 Å². The summed E-state index contributed by atoms with van der Waals surface area (Å²) in [7, 11) is 0. The van der Waals surface area contributed by atoms with E-state index in [0.29, 0.717) is 18.8 Å². The molecule has 3 aromatic heterocycles. The minimum Gasteiger partial charge on any atom is -0.459 e. The van der Waals surface area contributed by atoms with Crippen molar-refractivity contribution in [1.29, 1.82) is 0 Å². The highest BCUT2D eigenvalue weighted by molar-refractivity contribution is 5.92. The van der Waals surface area contributed by atoms with Gasteiger partial charge in [-0.1, -0.05) is 0 Å². The van der Waals surface area contributed by atoms with Gasteiger partial charge in [0.2, 0.25) is 0 Å². The number of hydrogen-bond donors (Lipinski definition) is 0. The van der Waals surface area contributed by atoms with E-state index in [1.165, 1.54) is 6.26 Å². The van der Waals surface area contributed by atoms with Crippen LogP contribution in [0, 0.1) is 6.92 Å². The number of rotatable bonds is 2. The molecule has 1 saturated heterocycles. The first-order valence-electron chi connectivity index (χ1n) is 7.88. The van der Waals surface area contributed by atoms with Crippen molar-refractivity contribution in [2.45, 2.75) is 6.92 Å². The summed E-state index contributed by atoms with van der Waals surface area (Å²) in [6.45, 7) is 4.59. The lowest BCUT2D eigenvalue weighted by Gasteiger charge is -2.35. The van der Waals surface area contributed by atoms with Crippen LogP contribution in [0.25, 0.3) is 10.9 Å². The maximum Gasteiger partial charge on any atom is 0.289 e. The fourth-order valence-corrected chi connectivity index (χ4v) is 3.00. The first-order valence-corrected chi connectivity index (χ1v) is 7.88. The number of aryl methyl sites for hydroxylation is 1. The van der Waals surface area contributed by atoms with Crippen molar-refractivity contribution < 1.29 is 9.21 Å². The Labute approximate surface area is 138 Å². The molecule has 7 nitrogen and oxygen atoms in total. The van der Waals surface area contributed by atoms with E-state index in [2.05, 4.69) is 19.9 Å². The van der Waals surface area contributed by atoms with E-state index in [4.69, 9.17) is 4.42 Å². The van der Waals surface area contributed by atoms with Crippen molar-refractivity contribution in [3.63, 3.8) is 0 Å². The van der Waals surface area contributed by atoms with Crippen LogP contribution in [-0.4, -0.2) is 51.9 Å². The Kier molecular flexibility index (Phi) is 3.60. The molecule has 7 heteroatoms. The van der Waals surface area contributed by atoms with Crippen LogP contribution in [-0.2, 0) is 0 Å². The van der Waals surface area contributed by atoms with E-state index in [1.807, 2.05) is 17.9 Å². The van der Waals surface area contributed by atoms with Crippen LogP contribution < -0.4 is 4.90 Å². The number of carbonyl (C=O) groups excluding carboxylic acids is 1. The van der Waals surface area contributed by atoms with Crippen molar-refractivity contribution in [1.82, 2.24) is 19.9 Å². The quantitative estimate of drug-likeness (QED) is 0.717. The van der Waals surface area contributed by atoms with Gasteiger partial charge in [0, 0.05) is 37.8 Å². The molecule has 0 atom stereocenters. The molecule has 0 spiro atoms. The number of furan rings is 1. The molecule has 4 rings (SSSR count). The summed E-state index contributed by atoms with van der Waals surface area (Å²) in [5.41, 5.74) is 0.842. The maximum absolute atomic E-state index is 12.4. The van der Waals surface area contributed by atoms with Gasteiger partial charge in [0.1, 0.15) is 11.6 Å². The second-order valence-corrected chi connectivity index (χ2v) is 5.74. The molecular formula is C17H17N5O2. The smallest absolute Gasteiger partial charge is 0.289 e. The van der Waals surface area contributed by atoms with E-state index < -0.39 is 0 Å². The van der Waals surface area contributed by atoms with Crippen LogP contribution in [0.4, 0.5) is 5.82 Å². The lowest BCUT2D eigenvalue weighted by Crippen LogP contribution is -2.49. The number of pyridine rings is 1. The summed E-state index contributed by atoms with van der Waals surface area (Å²) in [6.07, 6.45) is 5.03. The number of amides is 1. The zero-order chi connectivity index (χ0) is 16.5. The predicted molar refractivity (Wildman–Crippen MR) is 88.9 cm³/mol. The number of anilines is 1. The van der Waals surface area contributed by atoms with E-state index >= 15 is 0 Å². The summed E-state index contributed by atoms with van der Waals surface area (Å²) >= 11 is 0. The molecule has 1 amide bonds. The summed E-state index contributed by atoms with van der Waals surface area (Å²) < 4.78 is 5.20. The second-order valence-electron chi connectivity index (χ2n) is 5.74. The minimum atomic E-state index is -0.0624. The van der Waals surface area contributed by atoms with E-state index in [-0.39, 0.29) is 5.91 Å². The molecule has 3 aromatic rings. The highest BCUT2D eigenvalue weighted by Gasteiger charge is 2.25. The molecule has 0 aliphatic carbocycles. The minimum absolute atomic E-state index is 0.0624. The first-order chi connectivity index (χ1) is 11.7. The predicted octanol–water partition coefficient (Wildman–Crippen LogP) is 1.89. The molecule has 4 heterocycles. The molecule has 0 aromatic carbocycles. The molecule has 1 aliphatic rings. The topological polar surface area (TPSA) is 75.4 Å². The third-order valence-corrected chi connectivity index (χ3v) is 4.19. The Morgan fingerprint density at radius 2 is 2.00 bits per heavy atom. The van der Waals surface area contributed by atoms with Crippen LogP contribution >= 0.6 is 0 Å². The summed E-state index contributed by atoms with van der Waals surface area (Å²) in [5, 5.41) is 0.987. The van der Waals surface area contributed by atoms with E-state index in [0.717, 1.165) is 35.6 Å². The Morgan fingerprint density at radius 1 is 1.17 bits per heavy atom. The molecule has 0 saturated carbocycles. The second kappa shape index (κ2) is 5.92. The molecule has 1 fully saturated rings. The third kappa shape index (κ3) is 2.58. The number of hydrogen-bond acceptors (Lipinski definition) is 6. The highest BCUT2D eigenvalue weighted by atomic mass is 16.3. The molecule has 1 aliphatic heterocycles. The fourth-order valence-electron chi connectivity index (χ4n) is 3.00. The number of piperazine rings is 1. The van der Waals surface area contributed by atoms with Crippen molar-refractivity contribution in [3.05, 3.63) is 48.4 Å². The monoisotopic (exact) mass is 323 g/mol. The first kappa shape index (κ1) is 14.6. The lowest BCUT2D eigenvalue weighted by molar-refractivity contribution is 0.0714. The number of carbonyl (C=O) groups is 1. The molecule has 0 N–H and O–H groups in total. The largest absolute Gasteiger partial charge is 0.459 e. The Balaban J connectivity index is 1.55. The normalized spacial score (nSPS) is 15.0. The van der Waals surface area contributed by atoms with Crippen LogP contribution in [0.2, 0.25) is 0 Å². The molecule has 24 heavy (non-hydrogen) atoms. The van der Waals surface area contributed by atoms with Crippen LogP contribution in [0.1, 0.15) is 16.4 Å². The van der Waals surface area contributed by atoms with Gasteiger partial charge < -0.3 is 14.2 Å². The van der Waals surface area contributed by atoms with Crippen molar-refractivity contribution in [2.24, 2.45) is 0 Å². The van der Waals surface area contributed by atoms with Crippen molar-refractivity contribution in [3.8, 4) is 0 Å². The summed E-state index contributed by atoms with van der Waals surface area (Å²) in [5.74, 6) is 1.95. The number of fused-ring (bicyclic) bond motifs is 1. The summed E-state index contributed by atoms with van der Waals surface area (Å²) in [6, 6.07) is 5.36. The number of aromatic nitrogens is 3. The van der Waals surface area contributed by atoms with Crippen molar-refractivity contribution >= 4 is 22.6 Å². The van der Waals surface area contributed by atoms with Crippen LogP contribution in [0.5, 0.6) is 0 Å².